The summed E-state index contributed by atoms with van der Waals surface area (Å²) in [4.78, 5) is 25.7. The fourth-order valence-corrected chi connectivity index (χ4v) is 5.19. The van der Waals surface area contributed by atoms with Gasteiger partial charge in [0, 0.05) is 16.0 Å². The van der Waals surface area contributed by atoms with E-state index >= 15 is 0 Å². The maximum Gasteiger partial charge on any atom is 0.307 e. The van der Waals surface area contributed by atoms with Gasteiger partial charge in [-0.1, -0.05) is 35.6 Å². The number of fused-ring (bicyclic) bond motifs is 1. The number of hydrogen-bond donors (Lipinski definition) is 1. The summed E-state index contributed by atoms with van der Waals surface area (Å²) in [5.41, 5.74) is 4.77. The normalized spacial score (nSPS) is 14.6. The number of carbonyl (C=O) groups excluding carboxylic acids is 1. The van der Waals surface area contributed by atoms with E-state index in [4.69, 9.17) is 0 Å². The Kier molecular flexibility index (Phi) is 5.27. The molecule has 0 bridgehead atoms. The first-order chi connectivity index (χ1) is 13.1. The lowest BCUT2D eigenvalue weighted by atomic mass is 9.89. The molecule has 0 aliphatic heterocycles. The average molecular weight is 399 g/mol. The first kappa shape index (κ1) is 18.2. The number of aromatic nitrogens is 1. The zero-order chi connectivity index (χ0) is 18.8. The van der Waals surface area contributed by atoms with E-state index in [0.29, 0.717) is 0 Å². The van der Waals surface area contributed by atoms with Crippen LogP contribution in [0, 0.1) is 6.92 Å². The zero-order valence-electron chi connectivity index (χ0n) is 15.2. The molecule has 0 saturated heterocycles. The lowest BCUT2D eigenvalue weighted by Crippen LogP contribution is -2.34. The predicted octanol–water partition coefficient (Wildman–Crippen LogP) is 4.06. The summed E-state index contributed by atoms with van der Waals surface area (Å²) in [6, 6.07) is 10.5. The van der Waals surface area contributed by atoms with E-state index in [2.05, 4.69) is 29.6 Å². The number of nitrogens with one attached hydrogen (secondary N) is 1. The lowest BCUT2D eigenvalue weighted by Gasteiger charge is -2.22. The van der Waals surface area contributed by atoms with Crippen LogP contribution in [0.25, 0.3) is 0 Å². The number of carbonyl (C=O) groups is 1. The van der Waals surface area contributed by atoms with E-state index in [1.807, 2.05) is 18.4 Å². The smallest absolute Gasteiger partial charge is 0.307 e. The van der Waals surface area contributed by atoms with Crippen LogP contribution >= 0.6 is 22.7 Å². The van der Waals surface area contributed by atoms with E-state index < -0.39 is 0 Å². The van der Waals surface area contributed by atoms with E-state index in [1.54, 1.807) is 16.7 Å². The third kappa shape index (κ3) is 3.92. The molecule has 4 rings (SSSR count). The number of amides is 1. The third-order valence-corrected chi connectivity index (χ3v) is 6.94. The Bertz CT molecular complexity index is 1000. The number of benzene rings is 1. The Morgan fingerprint density at radius 2 is 2.00 bits per heavy atom. The van der Waals surface area contributed by atoms with Crippen molar-refractivity contribution in [2.75, 3.05) is 0 Å². The molecule has 27 heavy (non-hydrogen) atoms. The van der Waals surface area contributed by atoms with Crippen molar-refractivity contribution in [3.05, 3.63) is 78.0 Å². The Labute approximate surface area is 166 Å². The minimum absolute atomic E-state index is 0.0565. The van der Waals surface area contributed by atoms with Crippen LogP contribution in [0.5, 0.6) is 0 Å². The van der Waals surface area contributed by atoms with Crippen molar-refractivity contribution >= 4 is 28.6 Å². The predicted molar refractivity (Wildman–Crippen MR) is 111 cm³/mol. The monoisotopic (exact) mass is 398 g/mol. The summed E-state index contributed by atoms with van der Waals surface area (Å²) >= 11 is 2.77. The van der Waals surface area contributed by atoms with Gasteiger partial charge in [0.25, 0.3) is 0 Å². The number of thiazole rings is 1. The van der Waals surface area contributed by atoms with Gasteiger partial charge in [0.05, 0.1) is 6.04 Å². The molecule has 1 N–H and O–H groups in total. The molecule has 140 valence electrons. The van der Waals surface area contributed by atoms with Gasteiger partial charge >= 0.3 is 4.87 Å². The Morgan fingerprint density at radius 1 is 1.19 bits per heavy atom. The molecule has 0 fully saturated rings. The van der Waals surface area contributed by atoms with Gasteiger partial charge in [0.1, 0.15) is 6.54 Å². The van der Waals surface area contributed by atoms with Crippen molar-refractivity contribution < 1.29 is 4.79 Å². The van der Waals surface area contributed by atoms with Crippen LogP contribution in [0.3, 0.4) is 0 Å². The minimum atomic E-state index is -0.181. The molecule has 2 heterocycles. The second-order valence-corrected chi connectivity index (χ2v) is 8.78. The van der Waals surface area contributed by atoms with Crippen molar-refractivity contribution in [3.8, 4) is 0 Å². The molecule has 0 spiro atoms. The summed E-state index contributed by atoms with van der Waals surface area (Å²) in [6.07, 6.45) is 4.74. The molecule has 0 saturated carbocycles. The summed E-state index contributed by atoms with van der Waals surface area (Å²) < 4.78 is 1.53. The van der Waals surface area contributed by atoms with Crippen LogP contribution in [0.15, 0.2) is 45.9 Å². The average Bonchev–Trinajstić information content (AvgIpc) is 3.32. The lowest BCUT2D eigenvalue weighted by molar-refractivity contribution is -0.122. The topological polar surface area (TPSA) is 51.1 Å². The second-order valence-electron chi connectivity index (χ2n) is 6.98. The first-order valence-electron chi connectivity index (χ1n) is 9.21. The van der Waals surface area contributed by atoms with Gasteiger partial charge in [-0.15, -0.1) is 11.3 Å². The molecule has 0 radical (unpaired) electrons. The molecular formula is C21H22N2O2S2. The molecule has 1 unspecified atom stereocenters. The molecule has 1 aromatic carbocycles. The van der Waals surface area contributed by atoms with Crippen molar-refractivity contribution in [3.63, 3.8) is 0 Å². The maximum absolute atomic E-state index is 12.7. The Morgan fingerprint density at radius 3 is 2.70 bits per heavy atom. The van der Waals surface area contributed by atoms with Crippen LogP contribution < -0.4 is 10.2 Å². The maximum atomic E-state index is 12.7. The van der Waals surface area contributed by atoms with Gasteiger partial charge in [-0.05, 0) is 60.7 Å². The molecule has 1 aliphatic rings. The van der Waals surface area contributed by atoms with Gasteiger partial charge in [0.2, 0.25) is 5.91 Å². The molecular weight excluding hydrogens is 376 g/mol. The molecule has 4 nitrogen and oxygen atoms in total. The number of thiophene rings is 1. The standard InChI is InChI=1S/C21H22N2O2S2/c1-14-13-27-21(25)23(14)12-19(24)22-20(18-7-4-10-26-18)17-9-8-15-5-2-3-6-16(15)11-17/h4,7-11,13,20H,2-3,5-6,12H2,1H3,(H,22,24). The zero-order valence-corrected chi connectivity index (χ0v) is 16.9. The van der Waals surface area contributed by atoms with E-state index in [0.717, 1.165) is 40.3 Å². The second kappa shape index (κ2) is 7.82. The molecule has 1 atom stereocenters. The van der Waals surface area contributed by atoms with Gasteiger partial charge in [-0.2, -0.15) is 0 Å². The molecule has 3 aromatic rings. The SMILES string of the molecule is Cc1csc(=O)n1CC(=O)NC(c1ccc2c(c1)CCCC2)c1cccs1. The summed E-state index contributed by atoms with van der Waals surface area (Å²) in [5, 5.41) is 6.97. The quantitative estimate of drug-likeness (QED) is 0.704. The van der Waals surface area contributed by atoms with Gasteiger partial charge in [-0.3, -0.25) is 14.2 Å². The number of rotatable bonds is 5. The highest BCUT2D eigenvalue weighted by molar-refractivity contribution is 7.10. The number of hydrogen-bond acceptors (Lipinski definition) is 4. The van der Waals surface area contributed by atoms with Crippen molar-refractivity contribution in [1.29, 1.82) is 0 Å². The highest BCUT2D eigenvalue weighted by Gasteiger charge is 2.21. The number of nitrogens with zero attached hydrogens (tertiary/aromatic N) is 1. The molecule has 2 aromatic heterocycles. The molecule has 1 amide bonds. The van der Waals surface area contributed by atoms with Crippen LogP contribution in [-0.2, 0) is 24.2 Å². The molecule has 6 heteroatoms. The Balaban J connectivity index is 1.60. The Hall–Kier alpha value is -2.18. The van der Waals surface area contributed by atoms with Crippen LogP contribution in [0.2, 0.25) is 0 Å². The van der Waals surface area contributed by atoms with E-state index in [1.165, 1.54) is 28.5 Å². The van der Waals surface area contributed by atoms with Crippen LogP contribution in [0.1, 0.15) is 46.1 Å². The van der Waals surface area contributed by atoms with Crippen molar-refractivity contribution in [2.24, 2.45) is 0 Å². The molecule has 1 aliphatic carbocycles. The highest BCUT2D eigenvalue weighted by Crippen LogP contribution is 2.30. The summed E-state index contributed by atoms with van der Waals surface area (Å²) in [5.74, 6) is -0.144. The van der Waals surface area contributed by atoms with Crippen molar-refractivity contribution in [1.82, 2.24) is 9.88 Å². The fraction of sp³-hybridized carbons (Fsp3) is 0.333. The van der Waals surface area contributed by atoms with E-state index in [9.17, 15) is 9.59 Å². The van der Waals surface area contributed by atoms with Crippen LogP contribution in [-0.4, -0.2) is 10.5 Å². The first-order valence-corrected chi connectivity index (χ1v) is 11.0. The van der Waals surface area contributed by atoms with E-state index in [-0.39, 0.29) is 23.4 Å². The summed E-state index contributed by atoms with van der Waals surface area (Å²) in [7, 11) is 0. The largest absolute Gasteiger partial charge is 0.343 e. The summed E-state index contributed by atoms with van der Waals surface area (Å²) in [6.45, 7) is 1.91. The fourth-order valence-electron chi connectivity index (χ4n) is 3.65. The van der Waals surface area contributed by atoms with Gasteiger partial charge in [-0.25, -0.2) is 0 Å². The van der Waals surface area contributed by atoms with Crippen LogP contribution in [0.4, 0.5) is 0 Å². The number of aryl methyl sites for hydroxylation is 3. The third-order valence-electron chi connectivity index (χ3n) is 5.12. The van der Waals surface area contributed by atoms with Gasteiger partial charge in [0.15, 0.2) is 0 Å². The highest BCUT2D eigenvalue weighted by atomic mass is 32.1. The van der Waals surface area contributed by atoms with Crippen molar-refractivity contribution in [2.45, 2.75) is 45.2 Å². The van der Waals surface area contributed by atoms with Gasteiger partial charge < -0.3 is 5.32 Å². The minimum Gasteiger partial charge on any atom is -0.343 e.